The summed E-state index contributed by atoms with van der Waals surface area (Å²) in [4.78, 5) is 15.7. The summed E-state index contributed by atoms with van der Waals surface area (Å²) in [5.74, 6) is 0.580. The van der Waals surface area contributed by atoms with Crippen LogP contribution < -0.4 is 10.6 Å². The van der Waals surface area contributed by atoms with E-state index in [4.69, 9.17) is 0 Å². The van der Waals surface area contributed by atoms with Gasteiger partial charge in [-0.15, -0.1) is 0 Å². The van der Waals surface area contributed by atoms with Gasteiger partial charge in [0.1, 0.15) is 0 Å². The molecule has 1 aromatic heterocycles. The van der Waals surface area contributed by atoms with Gasteiger partial charge in [0.2, 0.25) is 5.91 Å². The van der Waals surface area contributed by atoms with Crippen molar-refractivity contribution >= 4 is 11.6 Å². The maximum absolute atomic E-state index is 11.8. The summed E-state index contributed by atoms with van der Waals surface area (Å²) in [6.45, 7) is 5.53. The van der Waals surface area contributed by atoms with Crippen molar-refractivity contribution in [1.29, 1.82) is 0 Å². The van der Waals surface area contributed by atoms with Crippen LogP contribution in [0.1, 0.15) is 37.3 Å². The fraction of sp³-hybridized carbons (Fsp3) is 0.333. The van der Waals surface area contributed by atoms with E-state index in [1.165, 1.54) is 5.56 Å². The summed E-state index contributed by atoms with van der Waals surface area (Å²) in [7, 11) is 0. The van der Waals surface area contributed by atoms with E-state index in [9.17, 15) is 4.79 Å². The Labute approximate surface area is 132 Å². The van der Waals surface area contributed by atoms with Crippen LogP contribution in [0.5, 0.6) is 0 Å². The number of rotatable bonds is 7. The highest BCUT2D eigenvalue weighted by Crippen LogP contribution is 2.16. The van der Waals surface area contributed by atoms with E-state index in [-0.39, 0.29) is 5.91 Å². The monoisotopic (exact) mass is 297 g/mol. The van der Waals surface area contributed by atoms with Crippen molar-refractivity contribution in [2.45, 2.75) is 32.7 Å². The number of aromatic nitrogens is 1. The number of hydrogen-bond acceptors (Lipinski definition) is 3. The lowest BCUT2D eigenvalue weighted by Gasteiger charge is -2.09. The van der Waals surface area contributed by atoms with E-state index in [1.54, 1.807) is 12.4 Å². The van der Waals surface area contributed by atoms with E-state index in [1.807, 2.05) is 12.1 Å². The molecule has 0 fully saturated rings. The number of amides is 1. The largest absolute Gasteiger partial charge is 0.385 e. The number of benzene rings is 1. The van der Waals surface area contributed by atoms with Gasteiger partial charge in [0, 0.05) is 37.6 Å². The molecule has 0 aliphatic rings. The molecule has 4 nitrogen and oxygen atoms in total. The molecule has 4 heteroatoms. The van der Waals surface area contributed by atoms with Gasteiger partial charge in [0.05, 0.1) is 0 Å². The highest BCUT2D eigenvalue weighted by molar-refractivity contribution is 5.76. The topological polar surface area (TPSA) is 54.0 Å². The van der Waals surface area contributed by atoms with Crippen LogP contribution in [0.15, 0.2) is 48.8 Å². The smallest absolute Gasteiger partial charge is 0.222 e. The minimum atomic E-state index is 0.0445. The Bertz CT molecular complexity index is 579. The molecule has 0 aliphatic carbocycles. The van der Waals surface area contributed by atoms with Gasteiger partial charge in [-0.1, -0.05) is 26.0 Å². The van der Waals surface area contributed by atoms with Crippen molar-refractivity contribution < 1.29 is 4.79 Å². The Morgan fingerprint density at radius 2 is 1.77 bits per heavy atom. The first-order valence-corrected chi connectivity index (χ1v) is 7.64. The molecule has 0 saturated heterocycles. The zero-order valence-corrected chi connectivity index (χ0v) is 13.2. The number of carbonyl (C=O) groups is 1. The van der Waals surface area contributed by atoms with Crippen molar-refractivity contribution in [3.63, 3.8) is 0 Å². The van der Waals surface area contributed by atoms with E-state index in [0.717, 1.165) is 11.3 Å². The summed E-state index contributed by atoms with van der Waals surface area (Å²) in [5.41, 5.74) is 3.42. The van der Waals surface area contributed by atoms with E-state index >= 15 is 0 Å². The normalized spacial score (nSPS) is 10.5. The molecule has 1 aromatic carbocycles. The van der Waals surface area contributed by atoms with Crippen LogP contribution in [0, 0.1) is 0 Å². The van der Waals surface area contributed by atoms with Crippen LogP contribution in [-0.2, 0) is 11.3 Å². The quantitative estimate of drug-likeness (QED) is 0.824. The maximum atomic E-state index is 11.8. The molecule has 0 aliphatic heterocycles. The summed E-state index contributed by atoms with van der Waals surface area (Å²) in [5, 5.41) is 6.17. The molecule has 2 aromatic rings. The van der Waals surface area contributed by atoms with Crippen molar-refractivity contribution in [3.8, 4) is 0 Å². The summed E-state index contributed by atoms with van der Waals surface area (Å²) < 4.78 is 0. The predicted octanol–water partition coefficient (Wildman–Crippen LogP) is 3.32. The van der Waals surface area contributed by atoms with Gasteiger partial charge in [0.25, 0.3) is 0 Å². The van der Waals surface area contributed by atoms with Gasteiger partial charge in [-0.05, 0) is 41.3 Å². The fourth-order valence-corrected chi connectivity index (χ4v) is 2.10. The molecule has 1 heterocycles. The summed E-state index contributed by atoms with van der Waals surface area (Å²) in [6, 6.07) is 12.2. The van der Waals surface area contributed by atoms with E-state index in [0.29, 0.717) is 25.4 Å². The zero-order chi connectivity index (χ0) is 15.8. The van der Waals surface area contributed by atoms with Crippen LogP contribution in [-0.4, -0.2) is 17.4 Å². The van der Waals surface area contributed by atoms with Crippen LogP contribution in [0.3, 0.4) is 0 Å². The molecular formula is C18H23N3O. The Morgan fingerprint density at radius 1 is 1.09 bits per heavy atom. The second kappa shape index (κ2) is 8.17. The highest BCUT2D eigenvalue weighted by Gasteiger charge is 2.02. The van der Waals surface area contributed by atoms with Gasteiger partial charge in [-0.2, -0.15) is 0 Å². The van der Waals surface area contributed by atoms with Gasteiger partial charge in [-0.3, -0.25) is 9.78 Å². The molecule has 116 valence electrons. The van der Waals surface area contributed by atoms with E-state index in [2.05, 4.69) is 53.7 Å². The third-order valence-electron chi connectivity index (χ3n) is 3.50. The number of nitrogens with one attached hydrogen (secondary N) is 2. The Balaban J connectivity index is 1.68. The van der Waals surface area contributed by atoms with Crippen molar-refractivity contribution in [1.82, 2.24) is 10.3 Å². The zero-order valence-electron chi connectivity index (χ0n) is 13.2. The van der Waals surface area contributed by atoms with Gasteiger partial charge in [-0.25, -0.2) is 0 Å². The lowest BCUT2D eigenvalue weighted by molar-refractivity contribution is -0.121. The van der Waals surface area contributed by atoms with Gasteiger partial charge >= 0.3 is 0 Å². The molecule has 0 atom stereocenters. The molecule has 0 unspecified atom stereocenters. The first kappa shape index (κ1) is 16.0. The first-order chi connectivity index (χ1) is 10.6. The summed E-state index contributed by atoms with van der Waals surface area (Å²) >= 11 is 0. The third kappa shape index (κ3) is 5.20. The predicted molar refractivity (Wildman–Crippen MR) is 89.7 cm³/mol. The number of pyridine rings is 1. The standard InChI is InChI=1S/C18H23N3O/c1-14(2)16-3-5-17(6-4-16)20-12-9-18(22)21-13-15-7-10-19-11-8-15/h3-8,10-11,14,20H,9,12-13H2,1-2H3,(H,21,22). The van der Waals surface area contributed by atoms with Crippen LogP contribution in [0.25, 0.3) is 0 Å². The molecule has 0 bridgehead atoms. The molecule has 2 N–H and O–H groups in total. The molecule has 0 saturated carbocycles. The van der Waals surface area contributed by atoms with E-state index < -0.39 is 0 Å². The minimum Gasteiger partial charge on any atom is -0.385 e. The van der Waals surface area contributed by atoms with Crippen molar-refractivity contribution in [2.75, 3.05) is 11.9 Å². The second-order valence-electron chi connectivity index (χ2n) is 5.59. The number of hydrogen-bond donors (Lipinski definition) is 2. The SMILES string of the molecule is CC(C)c1ccc(NCCC(=O)NCc2ccncc2)cc1. The lowest BCUT2D eigenvalue weighted by atomic mass is 10.0. The minimum absolute atomic E-state index is 0.0445. The number of anilines is 1. The molecular weight excluding hydrogens is 274 g/mol. The molecule has 22 heavy (non-hydrogen) atoms. The molecule has 1 amide bonds. The average molecular weight is 297 g/mol. The molecule has 2 rings (SSSR count). The number of carbonyl (C=O) groups excluding carboxylic acids is 1. The molecule has 0 spiro atoms. The van der Waals surface area contributed by atoms with Crippen molar-refractivity contribution in [3.05, 3.63) is 59.9 Å². The third-order valence-corrected chi connectivity index (χ3v) is 3.50. The molecule has 0 radical (unpaired) electrons. The Kier molecular flexibility index (Phi) is 5.95. The lowest BCUT2D eigenvalue weighted by Crippen LogP contribution is -2.24. The Hall–Kier alpha value is -2.36. The fourth-order valence-electron chi connectivity index (χ4n) is 2.10. The van der Waals surface area contributed by atoms with Crippen LogP contribution in [0.4, 0.5) is 5.69 Å². The van der Waals surface area contributed by atoms with Gasteiger partial charge in [0.15, 0.2) is 0 Å². The summed E-state index contributed by atoms with van der Waals surface area (Å²) in [6.07, 6.45) is 3.91. The first-order valence-electron chi connectivity index (χ1n) is 7.64. The van der Waals surface area contributed by atoms with Crippen LogP contribution >= 0.6 is 0 Å². The maximum Gasteiger partial charge on any atom is 0.222 e. The van der Waals surface area contributed by atoms with Crippen LogP contribution in [0.2, 0.25) is 0 Å². The Morgan fingerprint density at radius 3 is 2.41 bits per heavy atom. The second-order valence-corrected chi connectivity index (χ2v) is 5.59. The number of nitrogens with zero attached hydrogens (tertiary/aromatic N) is 1. The highest BCUT2D eigenvalue weighted by atomic mass is 16.1. The average Bonchev–Trinajstić information content (AvgIpc) is 2.54. The van der Waals surface area contributed by atoms with Crippen molar-refractivity contribution in [2.24, 2.45) is 0 Å². The van der Waals surface area contributed by atoms with Gasteiger partial charge < -0.3 is 10.6 Å².